The van der Waals surface area contributed by atoms with Crippen molar-refractivity contribution in [2.24, 2.45) is 0 Å². The smallest absolute Gasteiger partial charge is 0.339 e. The number of carbonyl (C=O) groups excluding carboxylic acids is 3. The van der Waals surface area contributed by atoms with Crippen LogP contribution in [-0.2, 0) is 16.0 Å². The van der Waals surface area contributed by atoms with Gasteiger partial charge in [-0.05, 0) is 48.0 Å². The largest absolute Gasteiger partial charge is 0.497 e. The predicted molar refractivity (Wildman–Crippen MR) is 115 cm³/mol. The third kappa shape index (κ3) is 4.40. The molecule has 2 amide bonds. The average Bonchev–Trinajstić information content (AvgIpc) is 2.80. The molecule has 0 saturated heterocycles. The van der Waals surface area contributed by atoms with Crippen LogP contribution in [0, 0.1) is 0 Å². The first-order valence-corrected chi connectivity index (χ1v) is 9.69. The number of amides is 2. The van der Waals surface area contributed by atoms with Crippen molar-refractivity contribution in [3.8, 4) is 5.75 Å². The van der Waals surface area contributed by atoms with Crippen LogP contribution in [0.2, 0.25) is 0 Å². The number of methoxy groups -OCH3 is 1. The minimum Gasteiger partial charge on any atom is -0.497 e. The molecule has 0 fully saturated rings. The van der Waals surface area contributed by atoms with Crippen LogP contribution >= 0.6 is 0 Å². The lowest BCUT2D eigenvalue weighted by Gasteiger charge is -2.24. The second-order valence-electron chi connectivity index (χ2n) is 6.97. The molecule has 2 N–H and O–H groups in total. The van der Waals surface area contributed by atoms with Crippen LogP contribution in [-0.4, -0.2) is 31.0 Å². The van der Waals surface area contributed by atoms with E-state index < -0.39 is 18.0 Å². The monoisotopic (exact) mass is 416 g/mol. The summed E-state index contributed by atoms with van der Waals surface area (Å²) in [5.41, 5.74) is 2.42. The Bertz CT molecular complexity index is 1140. The molecule has 0 unspecified atom stereocenters. The lowest BCUT2D eigenvalue weighted by Crippen LogP contribution is -2.38. The van der Waals surface area contributed by atoms with Crippen LogP contribution in [0.4, 0.5) is 11.4 Å². The van der Waals surface area contributed by atoms with Gasteiger partial charge in [-0.15, -0.1) is 0 Å². The fourth-order valence-electron chi connectivity index (χ4n) is 3.35. The Kier molecular flexibility index (Phi) is 5.66. The number of benzene rings is 3. The molecule has 7 heteroatoms. The first kappa shape index (κ1) is 20.2. The molecule has 7 nitrogen and oxygen atoms in total. The minimum atomic E-state index is -0.972. The summed E-state index contributed by atoms with van der Waals surface area (Å²) in [6.07, 6.45) is -0.700. The molecule has 0 bridgehead atoms. The van der Waals surface area contributed by atoms with Gasteiger partial charge in [0.15, 0.2) is 6.10 Å². The van der Waals surface area contributed by atoms with Gasteiger partial charge in [0, 0.05) is 12.1 Å². The number of hydrogen-bond acceptors (Lipinski definition) is 5. The van der Waals surface area contributed by atoms with Crippen molar-refractivity contribution >= 4 is 29.2 Å². The van der Waals surface area contributed by atoms with Gasteiger partial charge in [0.1, 0.15) is 5.75 Å². The zero-order valence-corrected chi connectivity index (χ0v) is 16.8. The zero-order chi connectivity index (χ0) is 21.8. The second-order valence-corrected chi connectivity index (χ2v) is 6.97. The van der Waals surface area contributed by atoms with Crippen LogP contribution < -0.4 is 15.4 Å². The number of esters is 1. The van der Waals surface area contributed by atoms with Crippen molar-refractivity contribution in [1.29, 1.82) is 0 Å². The van der Waals surface area contributed by atoms with Gasteiger partial charge < -0.3 is 20.1 Å². The van der Waals surface area contributed by atoms with Crippen LogP contribution in [0.15, 0.2) is 72.8 Å². The van der Waals surface area contributed by atoms with Gasteiger partial charge in [0.2, 0.25) is 0 Å². The fourth-order valence-corrected chi connectivity index (χ4v) is 3.35. The van der Waals surface area contributed by atoms with E-state index in [2.05, 4.69) is 10.6 Å². The van der Waals surface area contributed by atoms with E-state index in [0.29, 0.717) is 22.7 Å². The van der Waals surface area contributed by atoms with E-state index in [1.807, 2.05) is 6.07 Å². The Morgan fingerprint density at radius 1 is 0.935 bits per heavy atom. The molecule has 0 spiro atoms. The SMILES string of the molecule is COc1ccc(NC(=O)c2ccccc2NC(=O)[C@H]2Cc3ccccc3C(=O)O2)cc1. The molecule has 1 heterocycles. The normalized spacial score (nSPS) is 14.7. The Hall–Kier alpha value is -4.13. The number of ether oxygens (including phenoxy) is 2. The summed E-state index contributed by atoms with van der Waals surface area (Å²) in [6.45, 7) is 0. The van der Waals surface area contributed by atoms with E-state index in [1.165, 1.54) is 0 Å². The molecule has 31 heavy (non-hydrogen) atoms. The lowest BCUT2D eigenvalue weighted by atomic mass is 9.98. The van der Waals surface area contributed by atoms with E-state index in [4.69, 9.17) is 9.47 Å². The summed E-state index contributed by atoms with van der Waals surface area (Å²) < 4.78 is 10.4. The van der Waals surface area contributed by atoms with Gasteiger partial charge in [0.25, 0.3) is 11.8 Å². The first-order valence-electron chi connectivity index (χ1n) is 9.69. The predicted octanol–water partition coefficient (Wildman–Crippen LogP) is 3.67. The molecule has 3 aromatic rings. The lowest BCUT2D eigenvalue weighted by molar-refractivity contribution is -0.125. The van der Waals surface area contributed by atoms with Crippen molar-refractivity contribution in [1.82, 2.24) is 0 Å². The Morgan fingerprint density at radius 3 is 2.42 bits per heavy atom. The maximum Gasteiger partial charge on any atom is 0.339 e. The average molecular weight is 416 g/mol. The number of cyclic esters (lactones) is 1. The number of hydrogen-bond donors (Lipinski definition) is 2. The Balaban J connectivity index is 1.49. The molecule has 0 aromatic heterocycles. The van der Waals surface area contributed by atoms with E-state index in [-0.39, 0.29) is 17.9 Å². The van der Waals surface area contributed by atoms with E-state index in [1.54, 1.807) is 73.8 Å². The summed E-state index contributed by atoms with van der Waals surface area (Å²) in [4.78, 5) is 37.8. The van der Waals surface area contributed by atoms with Gasteiger partial charge in [0.05, 0.1) is 23.9 Å². The van der Waals surface area contributed by atoms with Crippen LogP contribution in [0.5, 0.6) is 5.75 Å². The molecule has 4 rings (SSSR count). The van der Waals surface area contributed by atoms with Crippen LogP contribution in [0.25, 0.3) is 0 Å². The number of carbonyl (C=O) groups is 3. The zero-order valence-electron chi connectivity index (χ0n) is 16.8. The number of nitrogens with one attached hydrogen (secondary N) is 2. The van der Waals surface area contributed by atoms with Crippen molar-refractivity contribution in [2.75, 3.05) is 17.7 Å². The summed E-state index contributed by atoms with van der Waals surface area (Å²) >= 11 is 0. The molecule has 0 radical (unpaired) electrons. The highest BCUT2D eigenvalue weighted by Crippen LogP contribution is 2.23. The molecule has 156 valence electrons. The van der Waals surface area contributed by atoms with Gasteiger partial charge in [-0.2, -0.15) is 0 Å². The first-order chi connectivity index (χ1) is 15.0. The molecule has 0 aliphatic carbocycles. The van der Waals surface area contributed by atoms with Crippen LogP contribution in [0.1, 0.15) is 26.3 Å². The highest BCUT2D eigenvalue weighted by atomic mass is 16.5. The number of anilines is 2. The van der Waals surface area contributed by atoms with Gasteiger partial charge in [-0.3, -0.25) is 9.59 Å². The number of fused-ring (bicyclic) bond motifs is 1. The van der Waals surface area contributed by atoms with Gasteiger partial charge in [-0.1, -0.05) is 30.3 Å². The summed E-state index contributed by atoms with van der Waals surface area (Å²) in [6, 6.07) is 20.6. The quantitative estimate of drug-likeness (QED) is 0.619. The number of para-hydroxylation sites is 1. The molecule has 3 aromatic carbocycles. The van der Waals surface area contributed by atoms with Crippen molar-refractivity contribution in [3.05, 3.63) is 89.5 Å². The topological polar surface area (TPSA) is 93.7 Å². The minimum absolute atomic E-state index is 0.272. The Morgan fingerprint density at radius 2 is 1.65 bits per heavy atom. The summed E-state index contributed by atoms with van der Waals surface area (Å²) in [5, 5.41) is 5.51. The van der Waals surface area contributed by atoms with Crippen molar-refractivity contribution in [3.63, 3.8) is 0 Å². The highest BCUT2D eigenvalue weighted by molar-refractivity contribution is 6.10. The van der Waals surface area contributed by atoms with Gasteiger partial charge in [-0.25, -0.2) is 4.79 Å². The molecule has 1 atom stereocenters. The van der Waals surface area contributed by atoms with Gasteiger partial charge >= 0.3 is 5.97 Å². The molecule has 1 aliphatic heterocycles. The summed E-state index contributed by atoms with van der Waals surface area (Å²) in [5.74, 6) is -0.735. The molecule has 1 aliphatic rings. The number of rotatable bonds is 5. The maximum absolute atomic E-state index is 12.8. The molecular weight excluding hydrogens is 396 g/mol. The standard InChI is InChI=1S/C24H20N2O5/c1-30-17-12-10-16(11-13-17)25-22(27)19-8-4-5-9-20(19)26-23(28)21-14-15-6-2-3-7-18(15)24(29)31-21/h2-13,21H,14H2,1H3,(H,25,27)(H,26,28)/t21-/m1/s1. The van der Waals surface area contributed by atoms with E-state index in [0.717, 1.165) is 5.56 Å². The highest BCUT2D eigenvalue weighted by Gasteiger charge is 2.31. The fraction of sp³-hybridized carbons (Fsp3) is 0.125. The third-order valence-corrected chi connectivity index (χ3v) is 4.96. The Labute approximate surface area is 179 Å². The van der Waals surface area contributed by atoms with Crippen LogP contribution in [0.3, 0.4) is 0 Å². The van der Waals surface area contributed by atoms with E-state index in [9.17, 15) is 14.4 Å². The molecule has 0 saturated carbocycles. The van der Waals surface area contributed by atoms with Crippen molar-refractivity contribution < 1.29 is 23.9 Å². The summed E-state index contributed by atoms with van der Waals surface area (Å²) in [7, 11) is 1.56. The third-order valence-electron chi connectivity index (χ3n) is 4.96. The molecular formula is C24H20N2O5. The second kappa shape index (κ2) is 8.71. The van der Waals surface area contributed by atoms with E-state index >= 15 is 0 Å². The maximum atomic E-state index is 12.8. The van der Waals surface area contributed by atoms with Crippen molar-refractivity contribution in [2.45, 2.75) is 12.5 Å².